The molecule has 108 valence electrons. The first-order valence-electron chi connectivity index (χ1n) is 7.74. The van der Waals surface area contributed by atoms with Crippen molar-refractivity contribution in [2.45, 2.75) is 6.04 Å². The lowest BCUT2D eigenvalue weighted by molar-refractivity contribution is -0.0452. The van der Waals surface area contributed by atoms with Crippen LogP contribution in [0.4, 0.5) is 0 Å². The number of rotatable bonds is 3. The first kappa shape index (κ1) is 13.6. The van der Waals surface area contributed by atoms with Crippen LogP contribution in [0.3, 0.4) is 0 Å². The number of fused-ring (bicyclic) bond motifs is 2. The summed E-state index contributed by atoms with van der Waals surface area (Å²) in [5, 5.41) is 3.48. The molecule has 0 spiro atoms. The molecule has 0 aromatic carbocycles. The summed E-state index contributed by atoms with van der Waals surface area (Å²) >= 11 is 0. The van der Waals surface area contributed by atoms with E-state index in [9.17, 15) is 0 Å². The molecular weight excluding hydrogens is 236 g/mol. The summed E-state index contributed by atoms with van der Waals surface area (Å²) in [6.45, 7) is 14.8. The Morgan fingerprint density at radius 2 is 1.74 bits per heavy atom. The van der Waals surface area contributed by atoms with Crippen LogP contribution in [-0.2, 0) is 0 Å². The van der Waals surface area contributed by atoms with E-state index < -0.39 is 0 Å². The highest BCUT2D eigenvalue weighted by Crippen LogP contribution is 2.32. The molecule has 0 aromatic heterocycles. The quantitative estimate of drug-likeness (QED) is 0.721. The Hall–Kier alpha value is -0.420. The van der Waals surface area contributed by atoms with Crippen LogP contribution in [0.1, 0.15) is 0 Å². The molecule has 2 bridgehead atoms. The Kier molecular flexibility index (Phi) is 4.22. The molecule has 4 nitrogen and oxygen atoms in total. The predicted octanol–water partition coefficient (Wildman–Crippen LogP) is -0.0604. The molecule has 3 fully saturated rings. The molecule has 3 aliphatic heterocycles. The van der Waals surface area contributed by atoms with Gasteiger partial charge in [-0.05, 0) is 7.05 Å². The SMILES string of the molecule is C=CCN1CC2CN(C)CC(C1)C2N1CCNCC1. The van der Waals surface area contributed by atoms with Gasteiger partial charge in [0.2, 0.25) is 0 Å². The van der Waals surface area contributed by atoms with Crippen molar-refractivity contribution >= 4 is 0 Å². The van der Waals surface area contributed by atoms with Crippen molar-refractivity contribution in [3.8, 4) is 0 Å². The van der Waals surface area contributed by atoms with E-state index >= 15 is 0 Å². The summed E-state index contributed by atoms with van der Waals surface area (Å²) < 4.78 is 0. The molecule has 3 heterocycles. The second-order valence-corrected chi connectivity index (χ2v) is 6.53. The summed E-state index contributed by atoms with van der Waals surface area (Å²) in [5.41, 5.74) is 0. The van der Waals surface area contributed by atoms with Crippen LogP contribution >= 0.6 is 0 Å². The van der Waals surface area contributed by atoms with E-state index in [1.54, 1.807) is 0 Å². The fraction of sp³-hybridized carbons (Fsp3) is 0.867. The van der Waals surface area contributed by atoms with Gasteiger partial charge in [0.05, 0.1) is 0 Å². The lowest BCUT2D eigenvalue weighted by atomic mass is 9.78. The van der Waals surface area contributed by atoms with E-state index in [1.807, 2.05) is 0 Å². The van der Waals surface area contributed by atoms with Crippen LogP contribution in [0.25, 0.3) is 0 Å². The normalized spacial score (nSPS) is 38.3. The molecule has 0 radical (unpaired) electrons. The van der Waals surface area contributed by atoms with Gasteiger partial charge >= 0.3 is 0 Å². The van der Waals surface area contributed by atoms with Gasteiger partial charge < -0.3 is 10.2 Å². The molecule has 19 heavy (non-hydrogen) atoms. The van der Waals surface area contributed by atoms with Crippen LogP contribution in [0.2, 0.25) is 0 Å². The van der Waals surface area contributed by atoms with Crippen molar-refractivity contribution in [3.63, 3.8) is 0 Å². The van der Waals surface area contributed by atoms with Gasteiger partial charge in [0, 0.05) is 76.8 Å². The summed E-state index contributed by atoms with van der Waals surface area (Å²) in [6.07, 6.45) is 2.06. The van der Waals surface area contributed by atoms with E-state index in [0.29, 0.717) is 0 Å². The number of nitrogens with zero attached hydrogens (tertiary/aromatic N) is 3. The zero-order valence-corrected chi connectivity index (χ0v) is 12.2. The third kappa shape index (κ3) is 2.87. The van der Waals surface area contributed by atoms with E-state index in [2.05, 4.69) is 39.7 Å². The van der Waals surface area contributed by atoms with Crippen LogP contribution in [-0.4, -0.2) is 86.7 Å². The van der Waals surface area contributed by atoms with Crippen molar-refractivity contribution in [2.24, 2.45) is 11.8 Å². The Morgan fingerprint density at radius 1 is 1.11 bits per heavy atom. The van der Waals surface area contributed by atoms with Crippen molar-refractivity contribution in [3.05, 3.63) is 12.7 Å². The van der Waals surface area contributed by atoms with E-state index in [0.717, 1.165) is 24.4 Å². The molecule has 3 aliphatic rings. The minimum atomic E-state index is 0.815. The number of piperidine rings is 2. The molecule has 0 aliphatic carbocycles. The smallest absolute Gasteiger partial charge is 0.0202 e. The van der Waals surface area contributed by atoms with Gasteiger partial charge in [-0.1, -0.05) is 6.08 Å². The predicted molar refractivity (Wildman–Crippen MR) is 79.3 cm³/mol. The maximum Gasteiger partial charge on any atom is 0.0202 e. The molecule has 3 saturated heterocycles. The van der Waals surface area contributed by atoms with Crippen molar-refractivity contribution in [1.29, 1.82) is 0 Å². The second kappa shape index (κ2) is 5.92. The van der Waals surface area contributed by atoms with Gasteiger partial charge in [-0.15, -0.1) is 6.58 Å². The third-order valence-electron chi connectivity index (χ3n) is 5.00. The Balaban J connectivity index is 1.71. The minimum absolute atomic E-state index is 0.815. The number of piperazine rings is 1. The second-order valence-electron chi connectivity index (χ2n) is 6.53. The number of hydrogen-bond acceptors (Lipinski definition) is 4. The fourth-order valence-electron chi connectivity index (χ4n) is 4.45. The Bertz CT molecular complexity index is 297. The lowest BCUT2D eigenvalue weighted by Crippen LogP contribution is -2.66. The lowest BCUT2D eigenvalue weighted by Gasteiger charge is -2.54. The van der Waals surface area contributed by atoms with Gasteiger partial charge in [-0.2, -0.15) is 0 Å². The van der Waals surface area contributed by atoms with Crippen LogP contribution in [0, 0.1) is 11.8 Å². The van der Waals surface area contributed by atoms with E-state index in [1.165, 1.54) is 52.4 Å². The molecule has 4 heteroatoms. The molecule has 1 N–H and O–H groups in total. The summed E-state index contributed by atoms with van der Waals surface area (Å²) in [6, 6.07) is 0.819. The maximum absolute atomic E-state index is 3.90. The number of nitrogens with one attached hydrogen (secondary N) is 1. The van der Waals surface area contributed by atoms with Crippen molar-refractivity contribution < 1.29 is 0 Å². The molecule has 2 atom stereocenters. The summed E-state index contributed by atoms with van der Waals surface area (Å²) in [7, 11) is 2.29. The minimum Gasteiger partial charge on any atom is -0.314 e. The Morgan fingerprint density at radius 3 is 2.32 bits per heavy atom. The largest absolute Gasteiger partial charge is 0.314 e. The van der Waals surface area contributed by atoms with Gasteiger partial charge in [0.1, 0.15) is 0 Å². The van der Waals surface area contributed by atoms with E-state index in [4.69, 9.17) is 0 Å². The highest BCUT2D eigenvalue weighted by molar-refractivity contribution is 5.00. The average Bonchev–Trinajstić information content (AvgIpc) is 2.38. The maximum atomic E-state index is 3.90. The molecular formula is C15H28N4. The highest BCUT2D eigenvalue weighted by Gasteiger charge is 2.43. The van der Waals surface area contributed by atoms with Crippen LogP contribution < -0.4 is 5.32 Å². The first-order valence-corrected chi connectivity index (χ1v) is 7.74. The summed E-state index contributed by atoms with van der Waals surface area (Å²) in [4.78, 5) is 7.91. The molecule has 0 aromatic rings. The van der Waals surface area contributed by atoms with Gasteiger partial charge in [-0.25, -0.2) is 0 Å². The molecule has 0 amide bonds. The number of hydrogen-bond donors (Lipinski definition) is 1. The van der Waals surface area contributed by atoms with Gasteiger partial charge in [0.15, 0.2) is 0 Å². The molecule has 2 unspecified atom stereocenters. The topological polar surface area (TPSA) is 21.8 Å². The highest BCUT2D eigenvalue weighted by atomic mass is 15.3. The van der Waals surface area contributed by atoms with E-state index in [-0.39, 0.29) is 0 Å². The van der Waals surface area contributed by atoms with Crippen molar-refractivity contribution in [2.75, 3.05) is 66.0 Å². The average molecular weight is 264 g/mol. The monoisotopic (exact) mass is 264 g/mol. The summed E-state index contributed by atoms with van der Waals surface area (Å²) in [5.74, 6) is 1.63. The fourth-order valence-corrected chi connectivity index (χ4v) is 4.45. The van der Waals surface area contributed by atoms with Crippen LogP contribution in [0.15, 0.2) is 12.7 Å². The van der Waals surface area contributed by atoms with Crippen LogP contribution in [0.5, 0.6) is 0 Å². The molecule has 0 saturated carbocycles. The standard InChI is InChI=1S/C15H28N4/c1-3-6-18-11-13-9-17(2)10-14(12-18)15(13)19-7-4-16-5-8-19/h3,13-16H,1,4-12H2,2H3. The van der Waals surface area contributed by atoms with Crippen molar-refractivity contribution in [1.82, 2.24) is 20.0 Å². The van der Waals surface area contributed by atoms with Gasteiger partial charge in [0.25, 0.3) is 0 Å². The van der Waals surface area contributed by atoms with Gasteiger partial charge in [-0.3, -0.25) is 9.80 Å². The zero-order chi connectivity index (χ0) is 13.2. The first-order chi connectivity index (χ1) is 9.28. The molecule has 3 rings (SSSR count). The third-order valence-corrected chi connectivity index (χ3v) is 5.00. The zero-order valence-electron chi connectivity index (χ0n) is 12.2. The number of likely N-dealkylation sites (tertiary alicyclic amines) is 2. The Labute approximate surface area is 117 Å².